The molecule has 0 saturated heterocycles. The van der Waals surface area contributed by atoms with E-state index in [1.807, 2.05) is 55.7 Å². The number of aryl methyl sites for hydroxylation is 1. The maximum atomic E-state index is 13.2. The van der Waals surface area contributed by atoms with Crippen LogP contribution in [0.5, 0.6) is 0 Å². The Hall–Kier alpha value is -2.97. The molecule has 1 fully saturated rings. The van der Waals surface area contributed by atoms with Crippen molar-refractivity contribution < 1.29 is 4.79 Å². The quantitative estimate of drug-likeness (QED) is 0.632. The average Bonchev–Trinajstić information content (AvgIpc) is 3.21. The number of benzene rings is 1. The van der Waals surface area contributed by atoms with Crippen molar-refractivity contribution in [3.63, 3.8) is 0 Å². The highest BCUT2D eigenvalue weighted by atomic mass is 35.5. The first kappa shape index (κ1) is 22.7. The van der Waals surface area contributed by atoms with Crippen LogP contribution in [0.15, 0.2) is 54.9 Å². The van der Waals surface area contributed by atoms with Crippen molar-refractivity contribution in [3.8, 4) is 11.3 Å². The second kappa shape index (κ2) is 10.4. The smallest absolute Gasteiger partial charge is 0.323 e. The van der Waals surface area contributed by atoms with Crippen molar-refractivity contribution in [1.82, 2.24) is 25.3 Å². The molecule has 1 aliphatic carbocycles. The number of rotatable bonds is 5. The Kier molecular flexibility index (Phi) is 7.59. The second-order valence-corrected chi connectivity index (χ2v) is 7.76. The molecule has 31 heavy (non-hydrogen) atoms. The van der Waals surface area contributed by atoms with Gasteiger partial charge in [-0.1, -0.05) is 30.3 Å². The number of amides is 2. The number of urea groups is 1. The van der Waals surface area contributed by atoms with E-state index in [9.17, 15) is 4.79 Å². The Bertz CT molecular complexity index is 969. The van der Waals surface area contributed by atoms with Crippen LogP contribution in [0.2, 0.25) is 0 Å². The SMILES string of the molecule is Cl.Cn1cc(-c2ccc(N(C(=O)NCc3ccccc3)C3CCC(N)CC3)nn2)cn1. The molecule has 2 heterocycles. The van der Waals surface area contributed by atoms with Crippen LogP contribution in [0.1, 0.15) is 31.2 Å². The summed E-state index contributed by atoms with van der Waals surface area (Å²) < 4.78 is 1.72. The molecule has 9 heteroatoms. The number of carbonyl (C=O) groups is 1. The zero-order chi connectivity index (χ0) is 20.9. The van der Waals surface area contributed by atoms with E-state index >= 15 is 0 Å². The lowest BCUT2D eigenvalue weighted by atomic mass is 9.91. The lowest BCUT2D eigenvalue weighted by Gasteiger charge is -2.35. The molecule has 1 saturated carbocycles. The van der Waals surface area contributed by atoms with Crippen LogP contribution in [-0.4, -0.2) is 38.1 Å². The molecule has 0 radical (unpaired) electrons. The fourth-order valence-electron chi connectivity index (χ4n) is 3.84. The highest BCUT2D eigenvalue weighted by molar-refractivity contribution is 5.91. The number of halogens is 1. The van der Waals surface area contributed by atoms with E-state index in [1.165, 1.54) is 0 Å². The largest absolute Gasteiger partial charge is 0.334 e. The van der Waals surface area contributed by atoms with Gasteiger partial charge in [-0.25, -0.2) is 4.79 Å². The Morgan fingerprint density at radius 2 is 1.87 bits per heavy atom. The summed E-state index contributed by atoms with van der Waals surface area (Å²) in [5, 5.41) is 15.9. The molecule has 0 bridgehead atoms. The zero-order valence-electron chi connectivity index (χ0n) is 17.5. The first-order chi connectivity index (χ1) is 14.6. The number of carbonyl (C=O) groups excluding carboxylic acids is 1. The summed E-state index contributed by atoms with van der Waals surface area (Å²) in [4.78, 5) is 14.9. The lowest BCUT2D eigenvalue weighted by Crippen LogP contribution is -2.49. The fourth-order valence-corrected chi connectivity index (χ4v) is 3.84. The molecule has 0 atom stereocenters. The van der Waals surface area contributed by atoms with Gasteiger partial charge in [0.05, 0.1) is 11.9 Å². The zero-order valence-corrected chi connectivity index (χ0v) is 18.3. The minimum absolute atomic E-state index is 0. The van der Waals surface area contributed by atoms with Crippen LogP contribution in [0.4, 0.5) is 10.6 Å². The van der Waals surface area contributed by atoms with Crippen molar-refractivity contribution in [2.24, 2.45) is 12.8 Å². The average molecular weight is 442 g/mol. The third kappa shape index (κ3) is 5.59. The van der Waals surface area contributed by atoms with Gasteiger partial charge in [-0.3, -0.25) is 9.58 Å². The highest BCUT2D eigenvalue weighted by Crippen LogP contribution is 2.27. The van der Waals surface area contributed by atoms with E-state index in [-0.39, 0.29) is 30.5 Å². The van der Waals surface area contributed by atoms with Gasteiger partial charge in [0, 0.05) is 37.4 Å². The molecular formula is C22H28ClN7O. The Morgan fingerprint density at radius 1 is 1.13 bits per heavy atom. The predicted octanol–water partition coefficient (Wildman–Crippen LogP) is 3.29. The van der Waals surface area contributed by atoms with E-state index in [0.717, 1.165) is 42.5 Å². The van der Waals surface area contributed by atoms with Crippen molar-refractivity contribution in [3.05, 3.63) is 60.4 Å². The van der Waals surface area contributed by atoms with Crippen LogP contribution in [0.3, 0.4) is 0 Å². The Labute approximate surface area is 188 Å². The maximum absolute atomic E-state index is 13.2. The molecule has 1 aliphatic rings. The molecule has 1 aromatic carbocycles. The van der Waals surface area contributed by atoms with Gasteiger partial charge in [0.1, 0.15) is 0 Å². The summed E-state index contributed by atoms with van der Waals surface area (Å²) in [6.45, 7) is 0.462. The maximum Gasteiger partial charge on any atom is 0.323 e. The van der Waals surface area contributed by atoms with Gasteiger partial charge in [-0.2, -0.15) is 5.10 Å². The van der Waals surface area contributed by atoms with Gasteiger partial charge in [-0.15, -0.1) is 22.6 Å². The van der Waals surface area contributed by atoms with Gasteiger partial charge in [-0.05, 0) is 43.4 Å². The molecule has 2 aromatic heterocycles. The number of hydrogen-bond acceptors (Lipinski definition) is 5. The van der Waals surface area contributed by atoms with Crippen molar-refractivity contribution in [2.45, 2.75) is 44.3 Å². The molecule has 0 unspecified atom stereocenters. The Morgan fingerprint density at radius 3 is 2.48 bits per heavy atom. The lowest BCUT2D eigenvalue weighted by molar-refractivity contribution is 0.239. The number of hydrogen-bond donors (Lipinski definition) is 2. The third-order valence-corrected chi connectivity index (χ3v) is 5.51. The number of aromatic nitrogens is 4. The van der Waals surface area contributed by atoms with Gasteiger partial charge < -0.3 is 11.1 Å². The van der Waals surface area contributed by atoms with E-state index in [1.54, 1.807) is 15.8 Å². The van der Waals surface area contributed by atoms with Crippen LogP contribution >= 0.6 is 12.4 Å². The minimum atomic E-state index is -0.164. The molecule has 4 rings (SSSR count). The first-order valence-corrected chi connectivity index (χ1v) is 10.3. The second-order valence-electron chi connectivity index (χ2n) is 7.76. The van der Waals surface area contributed by atoms with Crippen LogP contribution in [0.25, 0.3) is 11.3 Å². The van der Waals surface area contributed by atoms with E-state index < -0.39 is 0 Å². The number of nitrogens with one attached hydrogen (secondary N) is 1. The molecule has 0 aliphatic heterocycles. The first-order valence-electron chi connectivity index (χ1n) is 10.3. The summed E-state index contributed by atoms with van der Waals surface area (Å²) in [7, 11) is 1.86. The van der Waals surface area contributed by atoms with Crippen LogP contribution < -0.4 is 16.0 Å². The molecule has 0 spiro atoms. The molecule has 164 valence electrons. The molecule has 3 aromatic rings. The van der Waals surface area contributed by atoms with Gasteiger partial charge in [0.15, 0.2) is 5.82 Å². The van der Waals surface area contributed by atoms with Crippen LogP contribution in [-0.2, 0) is 13.6 Å². The highest BCUT2D eigenvalue weighted by Gasteiger charge is 2.30. The number of nitrogens with two attached hydrogens (primary N) is 1. The topological polar surface area (TPSA) is 102 Å². The molecule has 8 nitrogen and oxygen atoms in total. The summed E-state index contributed by atoms with van der Waals surface area (Å²) in [6.07, 6.45) is 7.13. The van der Waals surface area contributed by atoms with E-state index in [2.05, 4.69) is 20.6 Å². The number of anilines is 1. The third-order valence-electron chi connectivity index (χ3n) is 5.51. The monoisotopic (exact) mass is 441 g/mol. The summed E-state index contributed by atoms with van der Waals surface area (Å²) >= 11 is 0. The van der Waals surface area contributed by atoms with E-state index in [4.69, 9.17) is 5.73 Å². The standard InChI is InChI=1S/C22H27N7O.ClH/c1-28-15-17(14-25-28)20-11-12-21(27-26-20)29(19-9-7-18(23)8-10-19)22(30)24-13-16-5-3-2-4-6-16;/h2-6,11-12,14-15,18-19H,7-10,13,23H2,1H3,(H,24,30);1H. The fraction of sp³-hybridized carbons (Fsp3) is 0.364. The van der Waals surface area contributed by atoms with Crippen molar-refractivity contribution in [2.75, 3.05) is 4.90 Å². The molecular weight excluding hydrogens is 414 g/mol. The molecule has 3 N–H and O–H groups in total. The summed E-state index contributed by atoms with van der Waals surface area (Å²) in [5.41, 5.74) is 8.74. The van der Waals surface area contributed by atoms with Crippen LogP contribution in [0, 0.1) is 0 Å². The van der Waals surface area contributed by atoms with Crippen molar-refractivity contribution >= 4 is 24.3 Å². The number of nitrogens with zero attached hydrogens (tertiary/aromatic N) is 5. The Balaban J connectivity index is 0.00000272. The minimum Gasteiger partial charge on any atom is -0.334 e. The van der Waals surface area contributed by atoms with E-state index in [0.29, 0.717) is 12.4 Å². The summed E-state index contributed by atoms with van der Waals surface area (Å²) in [5.74, 6) is 0.550. The predicted molar refractivity (Wildman–Crippen MR) is 123 cm³/mol. The summed E-state index contributed by atoms with van der Waals surface area (Å²) in [6, 6.07) is 13.7. The van der Waals surface area contributed by atoms with Crippen molar-refractivity contribution in [1.29, 1.82) is 0 Å². The van der Waals surface area contributed by atoms with Gasteiger partial charge >= 0.3 is 6.03 Å². The van der Waals surface area contributed by atoms with Gasteiger partial charge in [0.2, 0.25) is 0 Å². The van der Waals surface area contributed by atoms with Gasteiger partial charge in [0.25, 0.3) is 0 Å². The normalized spacial score (nSPS) is 18.1. The molecule has 2 amide bonds.